The van der Waals surface area contributed by atoms with E-state index in [4.69, 9.17) is 4.74 Å². The molecule has 0 amide bonds. The molecule has 0 radical (unpaired) electrons. The first-order chi connectivity index (χ1) is 9.72. The Morgan fingerprint density at radius 1 is 1.30 bits per heavy atom. The van der Waals surface area contributed by atoms with Crippen molar-refractivity contribution in [3.8, 4) is 0 Å². The van der Waals surface area contributed by atoms with E-state index in [0.29, 0.717) is 13.0 Å². The molecule has 1 aliphatic rings. The second-order valence-electron chi connectivity index (χ2n) is 5.51. The maximum atomic E-state index is 11.6. The van der Waals surface area contributed by atoms with Gasteiger partial charge in [-0.2, -0.15) is 0 Å². The summed E-state index contributed by atoms with van der Waals surface area (Å²) in [6.45, 7) is 2.30. The molecular weight excluding hydrogens is 250 g/mol. The van der Waals surface area contributed by atoms with Crippen LogP contribution in [0.5, 0.6) is 0 Å². The first-order valence-corrected chi connectivity index (χ1v) is 7.66. The highest BCUT2D eigenvalue weighted by Gasteiger charge is 2.15. The van der Waals surface area contributed by atoms with E-state index in [1.54, 1.807) is 0 Å². The number of likely N-dealkylation sites (N-methyl/N-ethyl adjacent to an activating group) is 1. The molecule has 1 atom stereocenters. The zero-order chi connectivity index (χ0) is 14.4. The second-order valence-corrected chi connectivity index (χ2v) is 5.51. The molecule has 3 nitrogen and oxygen atoms in total. The highest BCUT2D eigenvalue weighted by Crippen LogP contribution is 2.23. The maximum absolute atomic E-state index is 11.6. The SMILES string of the molecule is CCOC(=O)CC(Cc1ccc2c(c1)CCCC2)NC. The zero-order valence-electron chi connectivity index (χ0n) is 12.6. The van der Waals surface area contributed by atoms with Crippen molar-refractivity contribution in [3.63, 3.8) is 0 Å². The molecule has 1 aromatic carbocycles. The van der Waals surface area contributed by atoms with Crippen molar-refractivity contribution in [1.82, 2.24) is 5.32 Å². The fraction of sp³-hybridized carbons (Fsp3) is 0.588. The van der Waals surface area contributed by atoms with Crippen molar-refractivity contribution in [2.75, 3.05) is 13.7 Å². The smallest absolute Gasteiger partial charge is 0.307 e. The van der Waals surface area contributed by atoms with Gasteiger partial charge in [-0.25, -0.2) is 0 Å². The van der Waals surface area contributed by atoms with Gasteiger partial charge >= 0.3 is 5.97 Å². The molecule has 1 N–H and O–H groups in total. The Hall–Kier alpha value is -1.35. The number of aryl methyl sites for hydroxylation is 2. The predicted octanol–water partition coefficient (Wildman–Crippen LogP) is 2.65. The lowest BCUT2D eigenvalue weighted by Gasteiger charge is -2.19. The lowest BCUT2D eigenvalue weighted by atomic mass is 9.89. The molecule has 0 bridgehead atoms. The molecule has 0 heterocycles. The number of ether oxygens (including phenoxy) is 1. The molecule has 3 heteroatoms. The Balaban J connectivity index is 1.98. The number of hydrogen-bond acceptors (Lipinski definition) is 3. The number of carbonyl (C=O) groups excluding carboxylic acids is 1. The van der Waals surface area contributed by atoms with Gasteiger partial charge in [0.25, 0.3) is 0 Å². The van der Waals surface area contributed by atoms with E-state index in [0.717, 1.165) is 6.42 Å². The Kier molecular flexibility index (Phi) is 5.60. The second kappa shape index (κ2) is 7.44. The average molecular weight is 275 g/mol. The van der Waals surface area contributed by atoms with Gasteiger partial charge in [-0.1, -0.05) is 18.2 Å². The summed E-state index contributed by atoms with van der Waals surface area (Å²) in [5, 5.41) is 3.22. The molecule has 0 fully saturated rings. The van der Waals surface area contributed by atoms with Gasteiger partial charge in [-0.15, -0.1) is 0 Å². The van der Waals surface area contributed by atoms with Crippen molar-refractivity contribution in [3.05, 3.63) is 34.9 Å². The Labute approximate surface area is 121 Å². The molecule has 20 heavy (non-hydrogen) atoms. The minimum atomic E-state index is -0.121. The number of hydrogen-bond donors (Lipinski definition) is 1. The Morgan fingerprint density at radius 2 is 2.05 bits per heavy atom. The topological polar surface area (TPSA) is 38.3 Å². The van der Waals surface area contributed by atoms with E-state index in [9.17, 15) is 4.79 Å². The zero-order valence-corrected chi connectivity index (χ0v) is 12.6. The van der Waals surface area contributed by atoms with Crippen LogP contribution in [0, 0.1) is 0 Å². The molecule has 0 saturated heterocycles. The van der Waals surface area contributed by atoms with E-state index >= 15 is 0 Å². The molecule has 0 spiro atoms. The number of benzene rings is 1. The van der Waals surface area contributed by atoms with Crippen molar-refractivity contribution >= 4 is 5.97 Å². The minimum Gasteiger partial charge on any atom is -0.466 e. The van der Waals surface area contributed by atoms with E-state index in [-0.39, 0.29) is 12.0 Å². The summed E-state index contributed by atoms with van der Waals surface area (Å²) in [5.41, 5.74) is 4.32. The van der Waals surface area contributed by atoms with Crippen LogP contribution < -0.4 is 5.32 Å². The van der Waals surface area contributed by atoms with Gasteiger partial charge in [-0.05, 0) is 62.8 Å². The van der Waals surface area contributed by atoms with Gasteiger partial charge in [0.2, 0.25) is 0 Å². The third kappa shape index (κ3) is 4.07. The fourth-order valence-corrected chi connectivity index (χ4v) is 2.90. The molecule has 1 aromatic rings. The van der Waals surface area contributed by atoms with Crippen LogP contribution >= 0.6 is 0 Å². The number of carbonyl (C=O) groups is 1. The predicted molar refractivity (Wildman–Crippen MR) is 80.9 cm³/mol. The highest BCUT2D eigenvalue weighted by atomic mass is 16.5. The van der Waals surface area contributed by atoms with Crippen LogP contribution in [0.3, 0.4) is 0 Å². The van der Waals surface area contributed by atoms with Gasteiger partial charge in [0.15, 0.2) is 0 Å². The molecule has 1 unspecified atom stereocenters. The summed E-state index contributed by atoms with van der Waals surface area (Å²) in [4.78, 5) is 11.6. The van der Waals surface area contributed by atoms with Crippen LogP contribution in [0.15, 0.2) is 18.2 Å². The molecule has 1 aliphatic carbocycles. The average Bonchev–Trinajstić information content (AvgIpc) is 2.46. The van der Waals surface area contributed by atoms with Crippen LogP contribution in [0.1, 0.15) is 42.9 Å². The Morgan fingerprint density at radius 3 is 2.75 bits per heavy atom. The van der Waals surface area contributed by atoms with Crippen LogP contribution in [0.2, 0.25) is 0 Å². The van der Waals surface area contributed by atoms with Crippen molar-refractivity contribution < 1.29 is 9.53 Å². The molecule has 0 aromatic heterocycles. The minimum absolute atomic E-state index is 0.121. The third-order valence-corrected chi connectivity index (χ3v) is 4.02. The lowest BCUT2D eigenvalue weighted by molar-refractivity contribution is -0.143. The monoisotopic (exact) mass is 275 g/mol. The summed E-state index contributed by atoms with van der Waals surface area (Å²) in [5.74, 6) is -0.121. The molecule has 110 valence electrons. The molecule has 2 rings (SSSR count). The van der Waals surface area contributed by atoms with E-state index in [1.807, 2.05) is 14.0 Å². The van der Waals surface area contributed by atoms with Gasteiger partial charge in [0.05, 0.1) is 13.0 Å². The summed E-state index contributed by atoms with van der Waals surface area (Å²) >= 11 is 0. The van der Waals surface area contributed by atoms with E-state index < -0.39 is 0 Å². The van der Waals surface area contributed by atoms with Gasteiger partial charge in [0, 0.05) is 6.04 Å². The summed E-state index contributed by atoms with van der Waals surface area (Å²) in [6.07, 6.45) is 6.34. The molecule has 0 saturated carbocycles. The maximum Gasteiger partial charge on any atom is 0.307 e. The normalized spacial score (nSPS) is 15.5. The van der Waals surface area contributed by atoms with Gasteiger partial charge in [-0.3, -0.25) is 4.79 Å². The first kappa shape index (κ1) is 15.0. The Bertz CT molecular complexity index is 456. The van der Waals surface area contributed by atoms with Gasteiger partial charge < -0.3 is 10.1 Å². The largest absolute Gasteiger partial charge is 0.466 e. The summed E-state index contributed by atoms with van der Waals surface area (Å²) in [6, 6.07) is 6.94. The third-order valence-electron chi connectivity index (χ3n) is 4.02. The molecule has 0 aliphatic heterocycles. The lowest BCUT2D eigenvalue weighted by Crippen LogP contribution is -2.31. The van der Waals surface area contributed by atoms with Crippen LogP contribution in [0.4, 0.5) is 0 Å². The van der Waals surface area contributed by atoms with E-state index in [1.165, 1.54) is 42.4 Å². The quantitative estimate of drug-likeness (QED) is 0.811. The molecular formula is C17H25NO2. The number of fused-ring (bicyclic) bond motifs is 1. The van der Waals surface area contributed by atoms with E-state index in [2.05, 4.69) is 23.5 Å². The van der Waals surface area contributed by atoms with Crippen LogP contribution in [-0.2, 0) is 28.8 Å². The number of rotatable bonds is 6. The summed E-state index contributed by atoms with van der Waals surface area (Å²) in [7, 11) is 1.91. The first-order valence-electron chi connectivity index (χ1n) is 7.66. The van der Waals surface area contributed by atoms with Gasteiger partial charge in [0.1, 0.15) is 0 Å². The van der Waals surface area contributed by atoms with Crippen molar-refractivity contribution in [1.29, 1.82) is 0 Å². The summed E-state index contributed by atoms with van der Waals surface area (Å²) < 4.78 is 5.02. The number of esters is 1. The number of nitrogens with one attached hydrogen (secondary N) is 1. The standard InChI is InChI=1S/C17H25NO2/c1-3-20-17(19)12-16(18-2)11-13-8-9-14-6-4-5-7-15(14)10-13/h8-10,16,18H,3-7,11-12H2,1-2H3. The van der Waals surface area contributed by atoms with Crippen LogP contribution in [0.25, 0.3) is 0 Å². The van der Waals surface area contributed by atoms with Crippen molar-refractivity contribution in [2.45, 2.75) is 51.5 Å². The highest BCUT2D eigenvalue weighted by molar-refractivity contribution is 5.70. The van der Waals surface area contributed by atoms with Crippen LogP contribution in [-0.4, -0.2) is 25.7 Å². The fourth-order valence-electron chi connectivity index (χ4n) is 2.90. The van der Waals surface area contributed by atoms with Crippen molar-refractivity contribution in [2.24, 2.45) is 0 Å².